The molecule has 144 valence electrons. The fourth-order valence-corrected chi connectivity index (χ4v) is 4.11. The van der Waals surface area contributed by atoms with Crippen molar-refractivity contribution in [1.29, 1.82) is 5.26 Å². The molecule has 2 atom stereocenters. The Hall–Kier alpha value is -2.71. The highest BCUT2D eigenvalue weighted by molar-refractivity contribution is 8.02. The maximum absolute atomic E-state index is 12.8. The maximum Gasteiger partial charge on any atom is 0.161 e. The number of thioether (sulfide) groups is 1. The molecule has 1 aliphatic carbocycles. The Morgan fingerprint density at radius 2 is 1.86 bits per heavy atom. The number of hydrogen-bond acceptors (Lipinski definition) is 5. The zero-order chi connectivity index (χ0) is 20.1. The molecule has 0 heterocycles. The Bertz CT molecular complexity index is 931. The Morgan fingerprint density at radius 1 is 1.14 bits per heavy atom. The number of hydrogen-bond donors (Lipinski definition) is 0. The number of rotatable bonds is 8. The molecule has 0 spiro atoms. The number of carbonyl (C=O) groups excluding carboxylic acids is 1. The molecule has 1 saturated carbocycles. The van der Waals surface area contributed by atoms with Crippen LogP contribution in [0.5, 0.6) is 11.5 Å². The van der Waals surface area contributed by atoms with Gasteiger partial charge in [0.05, 0.1) is 19.8 Å². The first-order valence-corrected chi connectivity index (χ1v) is 10.3. The molecule has 0 bridgehead atoms. The molecular formula is C23H23NO3S. The van der Waals surface area contributed by atoms with Crippen LogP contribution in [0.4, 0.5) is 0 Å². The topological polar surface area (TPSA) is 59.3 Å². The second-order valence-electron chi connectivity index (χ2n) is 6.69. The van der Waals surface area contributed by atoms with Crippen molar-refractivity contribution >= 4 is 23.1 Å². The van der Waals surface area contributed by atoms with Crippen molar-refractivity contribution in [2.75, 3.05) is 20.5 Å². The minimum Gasteiger partial charge on any atom is -0.493 e. The lowest BCUT2D eigenvalue weighted by atomic mass is 10.0. The third kappa shape index (κ3) is 4.23. The number of benzene rings is 2. The van der Waals surface area contributed by atoms with Crippen molar-refractivity contribution in [3.05, 3.63) is 64.6 Å². The predicted molar refractivity (Wildman–Crippen MR) is 113 cm³/mol. The highest BCUT2D eigenvalue weighted by Gasteiger charge is 2.43. The van der Waals surface area contributed by atoms with E-state index < -0.39 is 0 Å². The molecule has 1 aliphatic rings. The van der Waals surface area contributed by atoms with Gasteiger partial charge < -0.3 is 9.47 Å². The zero-order valence-corrected chi connectivity index (χ0v) is 17.1. The van der Waals surface area contributed by atoms with Gasteiger partial charge in [0.15, 0.2) is 11.5 Å². The molecule has 0 N–H and O–H groups in total. The lowest BCUT2D eigenvalue weighted by molar-refractivity contribution is -0.119. The Kier molecular flexibility index (Phi) is 6.43. The van der Waals surface area contributed by atoms with Gasteiger partial charge in [-0.05, 0) is 47.9 Å². The van der Waals surface area contributed by atoms with Gasteiger partial charge in [0, 0.05) is 17.2 Å². The quantitative estimate of drug-likeness (QED) is 0.587. The lowest BCUT2D eigenvalue weighted by Crippen LogP contribution is -2.04. The average molecular weight is 394 g/mol. The molecule has 0 aliphatic heterocycles. The van der Waals surface area contributed by atoms with Crippen LogP contribution in [0.15, 0.2) is 53.4 Å². The number of nitriles is 1. The predicted octanol–water partition coefficient (Wildman–Crippen LogP) is 5.06. The standard InChI is InChI=1S/C23H23NO3S/c1-26-21-10-9-16(11-22(21)27-2)19(14-24)23(28-3)13-20(25)18-12-17(18)15-7-5-4-6-8-15/h4-11,17-18H,12-13H2,1-3H3/b23-19-/t17-,18+/m0/s1. The van der Waals surface area contributed by atoms with Gasteiger partial charge in [-0.2, -0.15) is 5.26 Å². The summed E-state index contributed by atoms with van der Waals surface area (Å²) in [5.41, 5.74) is 2.46. The van der Waals surface area contributed by atoms with E-state index in [2.05, 4.69) is 18.2 Å². The molecule has 0 amide bonds. The molecule has 2 aromatic carbocycles. The van der Waals surface area contributed by atoms with Gasteiger partial charge in [0.2, 0.25) is 0 Å². The summed E-state index contributed by atoms with van der Waals surface area (Å²) in [6.45, 7) is 0. The van der Waals surface area contributed by atoms with Crippen LogP contribution in [-0.4, -0.2) is 26.3 Å². The molecule has 0 aromatic heterocycles. The monoisotopic (exact) mass is 393 g/mol. The second-order valence-corrected chi connectivity index (χ2v) is 7.59. The first-order chi connectivity index (χ1) is 13.6. The van der Waals surface area contributed by atoms with Crippen LogP contribution < -0.4 is 9.47 Å². The molecular weight excluding hydrogens is 370 g/mol. The van der Waals surface area contributed by atoms with E-state index in [-0.39, 0.29) is 18.1 Å². The highest BCUT2D eigenvalue weighted by atomic mass is 32.2. The molecule has 2 aromatic rings. The van der Waals surface area contributed by atoms with Gasteiger partial charge in [-0.1, -0.05) is 30.3 Å². The summed E-state index contributed by atoms with van der Waals surface area (Å²) in [4.78, 5) is 13.6. The number of nitrogens with zero attached hydrogens (tertiary/aromatic N) is 1. The Labute approximate surface area is 170 Å². The number of Topliss-reactive ketones (excluding diaryl/α,β-unsaturated/α-hetero) is 1. The zero-order valence-electron chi connectivity index (χ0n) is 16.3. The first kappa shape index (κ1) is 20.0. The van der Waals surface area contributed by atoms with Crippen LogP contribution in [0, 0.1) is 17.2 Å². The van der Waals surface area contributed by atoms with Gasteiger partial charge in [0.25, 0.3) is 0 Å². The molecule has 3 rings (SSSR count). The van der Waals surface area contributed by atoms with E-state index >= 15 is 0 Å². The van der Waals surface area contributed by atoms with Crippen molar-refractivity contribution < 1.29 is 14.3 Å². The third-order valence-corrected chi connectivity index (χ3v) is 5.92. The highest BCUT2D eigenvalue weighted by Crippen LogP contribution is 2.49. The van der Waals surface area contributed by atoms with Crippen LogP contribution in [0.1, 0.15) is 29.9 Å². The average Bonchev–Trinajstić information content (AvgIpc) is 3.55. The van der Waals surface area contributed by atoms with Crippen molar-refractivity contribution in [1.82, 2.24) is 0 Å². The van der Waals surface area contributed by atoms with Crippen molar-refractivity contribution in [3.63, 3.8) is 0 Å². The molecule has 1 fully saturated rings. The summed E-state index contributed by atoms with van der Waals surface area (Å²) < 4.78 is 10.6. The van der Waals surface area contributed by atoms with E-state index in [0.717, 1.165) is 16.9 Å². The number of allylic oxidation sites excluding steroid dienone is 2. The van der Waals surface area contributed by atoms with E-state index in [1.54, 1.807) is 26.4 Å². The minimum absolute atomic E-state index is 0.0508. The number of ether oxygens (including phenoxy) is 2. The maximum atomic E-state index is 12.8. The fraction of sp³-hybridized carbons (Fsp3) is 0.304. The van der Waals surface area contributed by atoms with E-state index in [0.29, 0.717) is 23.0 Å². The SMILES string of the molecule is COc1ccc(/C(C#N)=C(/CC(=O)[C@@H]2C[C@H]2c2ccccc2)SC)cc1OC. The second kappa shape index (κ2) is 8.99. The minimum atomic E-state index is 0.0508. The van der Waals surface area contributed by atoms with Gasteiger partial charge in [-0.3, -0.25) is 4.79 Å². The van der Waals surface area contributed by atoms with Gasteiger partial charge in [-0.25, -0.2) is 0 Å². The van der Waals surface area contributed by atoms with E-state index in [1.165, 1.54) is 17.3 Å². The van der Waals surface area contributed by atoms with Crippen LogP contribution in [0.2, 0.25) is 0 Å². The largest absolute Gasteiger partial charge is 0.493 e. The van der Waals surface area contributed by atoms with Crippen molar-refractivity contribution in [2.45, 2.75) is 18.8 Å². The summed E-state index contributed by atoms with van der Waals surface area (Å²) in [5, 5.41) is 9.76. The number of carbonyl (C=O) groups is 1. The summed E-state index contributed by atoms with van der Waals surface area (Å²) >= 11 is 1.46. The fourth-order valence-electron chi connectivity index (χ4n) is 3.45. The summed E-state index contributed by atoms with van der Waals surface area (Å²) in [6, 6.07) is 17.8. The molecule has 5 heteroatoms. The molecule has 0 saturated heterocycles. The van der Waals surface area contributed by atoms with Crippen LogP contribution in [0.25, 0.3) is 5.57 Å². The smallest absolute Gasteiger partial charge is 0.161 e. The van der Waals surface area contributed by atoms with Crippen LogP contribution >= 0.6 is 11.8 Å². The molecule has 0 unspecified atom stereocenters. The summed E-state index contributed by atoms with van der Waals surface area (Å²) in [7, 11) is 3.14. The Balaban J connectivity index is 1.81. The van der Waals surface area contributed by atoms with Gasteiger partial charge in [-0.15, -0.1) is 11.8 Å². The van der Waals surface area contributed by atoms with Gasteiger partial charge in [0.1, 0.15) is 11.9 Å². The number of ketones is 1. The summed E-state index contributed by atoms with van der Waals surface area (Å²) in [5.74, 6) is 1.73. The van der Waals surface area contributed by atoms with Crippen LogP contribution in [-0.2, 0) is 4.79 Å². The first-order valence-electron chi connectivity index (χ1n) is 9.10. The van der Waals surface area contributed by atoms with E-state index in [9.17, 15) is 10.1 Å². The molecule has 4 nitrogen and oxygen atoms in total. The molecule has 28 heavy (non-hydrogen) atoms. The van der Waals surface area contributed by atoms with Crippen LogP contribution in [0.3, 0.4) is 0 Å². The molecule has 0 radical (unpaired) electrons. The lowest BCUT2D eigenvalue weighted by Gasteiger charge is -2.12. The van der Waals surface area contributed by atoms with Crippen molar-refractivity contribution in [2.24, 2.45) is 5.92 Å². The van der Waals surface area contributed by atoms with E-state index in [1.807, 2.05) is 30.5 Å². The normalized spacial score (nSPS) is 18.6. The van der Waals surface area contributed by atoms with Gasteiger partial charge >= 0.3 is 0 Å². The Morgan fingerprint density at radius 3 is 2.46 bits per heavy atom. The number of methoxy groups -OCH3 is 2. The third-order valence-electron chi connectivity index (χ3n) is 5.08. The van der Waals surface area contributed by atoms with Crippen molar-refractivity contribution in [3.8, 4) is 17.6 Å². The summed E-state index contributed by atoms with van der Waals surface area (Å²) in [6.07, 6.45) is 3.08. The van der Waals surface area contributed by atoms with E-state index in [4.69, 9.17) is 9.47 Å².